The van der Waals surface area contributed by atoms with Crippen molar-refractivity contribution in [2.45, 2.75) is 38.6 Å². The molecule has 1 atom stereocenters. The summed E-state index contributed by atoms with van der Waals surface area (Å²) in [6.45, 7) is 4.90. The summed E-state index contributed by atoms with van der Waals surface area (Å²) in [6.07, 6.45) is -2.53. The van der Waals surface area contributed by atoms with Crippen LogP contribution in [-0.2, 0) is 24.5 Å². The number of aryl methyl sites for hydroxylation is 1. The van der Waals surface area contributed by atoms with Crippen molar-refractivity contribution in [3.63, 3.8) is 0 Å². The molecule has 0 saturated carbocycles. The minimum atomic E-state index is -4.54. The average Bonchev–Trinajstić information content (AvgIpc) is 2.86. The predicted molar refractivity (Wildman–Crippen MR) is 76.7 cm³/mol. The molecule has 0 aromatic carbocycles. The fourth-order valence-corrected chi connectivity index (χ4v) is 2.51. The standard InChI is InChI=1S/C14H21F3N4O2/c1-4-13(2)9-21(5-6-23-13)12(22)18-7-10-8-20(3)19-11(10)14(15,16)17/h8H,4-7,9H2,1-3H3,(H,18,22). The lowest BCUT2D eigenvalue weighted by Crippen LogP contribution is -2.54. The van der Waals surface area contributed by atoms with Crippen molar-refractivity contribution in [1.82, 2.24) is 20.0 Å². The molecule has 1 aliphatic rings. The van der Waals surface area contributed by atoms with Crippen molar-refractivity contribution in [2.24, 2.45) is 7.05 Å². The van der Waals surface area contributed by atoms with Crippen LogP contribution in [0.5, 0.6) is 0 Å². The highest BCUT2D eigenvalue weighted by Gasteiger charge is 2.37. The summed E-state index contributed by atoms with van der Waals surface area (Å²) < 4.78 is 45.3. The van der Waals surface area contributed by atoms with Crippen LogP contribution in [0, 0.1) is 0 Å². The summed E-state index contributed by atoms with van der Waals surface area (Å²) in [5.41, 5.74) is -1.44. The number of nitrogens with one attached hydrogen (secondary N) is 1. The van der Waals surface area contributed by atoms with E-state index in [1.165, 1.54) is 13.2 Å². The second kappa shape index (κ2) is 6.38. The Bertz CT molecular complexity index is 573. The van der Waals surface area contributed by atoms with Gasteiger partial charge in [-0.2, -0.15) is 18.3 Å². The summed E-state index contributed by atoms with van der Waals surface area (Å²) in [5.74, 6) is 0. The van der Waals surface area contributed by atoms with Gasteiger partial charge in [0.1, 0.15) is 0 Å². The van der Waals surface area contributed by atoms with Gasteiger partial charge in [0.2, 0.25) is 0 Å². The highest BCUT2D eigenvalue weighted by molar-refractivity contribution is 5.74. The molecule has 2 amide bonds. The highest BCUT2D eigenvalue weighted by atomic mass is 19.4. The van der Waals surface area contributed by atoms with Crippen LogP contribution in [0.4, 0.5) is 18.0 Å². The average molecular weight is 334 g/mol. The fraction of sp³-hybridized carbons (Fsp3) is 0.714. The largest absolute Gasteiger partial charge is 0.435 e. The molecule has 1 fully saturated rings. The zero-order valence-corrected chi connectivity index (χ0v) is 13.4. The third kappa shape index (κ3) is 4.15. The molecule has 1 aromatic heterocycles. The van der Waals surface area contributed by atoms with Gasteiger partial charge in [0.25, 0.3) is 0 Å². The normalized spacial score (nSPS) is 22.3. The van der Waals surface area contributed by atoms with Crippen LogP contribution in [0.25, 0.3) is 0 Å². The van der Waals surface area contributed by atoms with Crippen molar-refractivity contribution >= 4 is 6.03 Å². The van der Waals surface area contributed by atoms with Gasteiger partial charge in [-0.25, -0.2) is 4.79 Å². The van der Waals surface area contributed by atoms with E-state index in [0.717, 1.165) is 11.1 Å². The molecule has 2 heterocycles. The summed E-state index contributed by atoms with van der Waals surface area (Å²) in [4.78, 5) is 13.8. The van der Waals surface area contributed by atoms with E-state index in [9.17, 15) is 18.0 Å². The van der Waals surface area contributed by atoms with E-state index in [4.69, 9.17) is 4.74 Å². The van der Waals surface area contributed by atoms with Gasteiger partial charge in [0, 0.05) is 31.9 Å². The fourth-order valence-electron chi connectivity index (χ4n) is 2.51. The second-order valence-electron chi connectivity index (χ2n) is 5.91. The van der Waals surface area contributed by atoms with Gasteiger partial charge >= 0.3 is 12.2 Å². The first-order valence-electron chi connectivity index (χ1n) is 7.41. The van der Waals surface area contributed by atoms with Crippen LogP contribution < -0.4 is 5.32 Å². The maximum Gasteiger partial charge on any atom is 0.435 e. The molecule has 1 unspecified atom stereocenters. The van der Waals surface area contributed by atoms with Gasteiger partial charge in [-0.3, -0.25) is 4.68 Å². The molecule has 6 nitrogen and oxygen atoms in total. The zero-order chi connectivity index (χ0) is 17.3. The van der Waals surface area contributed by atoms with E-state index >= 15 is 0 Å². The summed E-state index contributed by atoms with van der Waals surface area (Å²) in [6, 6.07) is -0.398. The molecule has 0 aliphatic carbocycles. The van der Waals surface area contributed by atoms with Gasteiger partial charge in [0.05, 0.1) is 18.8 Å². The molecule has 130 valence electrons. The highest BCUT2D eigenvalue weighted by Crippen LogP contribution is 2.30. The van der Waals surface area contributed by atoms with Gasteiger partial charge in [-0.1, -0.05) is 6.92 Å². The molecule has 1 N–H and O–H groups in total. The number of morpholine rings is 1. The summed E-state index contributed by atoms with van der Waals surface area (Å²) in [5, 5.41) is 5.95. The number of hydrogen-bond acceptors (Lipinski definition) is 3. The number of hydrogen-bond donors (Lipinski definition) is 1. The molecule has 1 aliphatic heterocycles. The number of halogens is 3. The predicted octanol–water partition coefficient (Wildman–Crippen LogP) is 2.15. The molecule has 0 spiro atoms. The number of amides is 2. The lowest BCUT2D eigenvalue weighted by atomic mass is 10.0. The van der Waals surface area contributed by atoms with Gasteiger partial charge < -0.3 is 15.0 Å². The van der Waals surface area contributed by atoms with E-state index in [0.29, 0.717) is 19.7 Å². The Morgan fingerprint density at radius 1 is 1.52 bits per heavy atom. The van der Waals surface area contributed by atoms with Gasteiger partial charge in [0.15, 0.2) is 5.69 Å². The van der Waals surface area contributed by atoms with Crippen molar-refractivity contribution in [1.29, 1.82) is 0 Å². The molecular formula is C14H21F3N4O2. The third-order valence-corrected chi connectivity index (χ3v) is 3.98. The topological polar surface area (TPSA) is 59.4 Å². The number of rotatable bonds is 3. The molecule has 0 radical (unpaired) electrons. The van der Waals surface area contributed by atoms with Crippen LogP contribution in [0.3, 0.4) is 0 Å². The minimum absolute atomic E-state index is 0.0557. The Labute approximate surface area is 132 Å². The smallest absolute Gasteiger partial charge is 0.372 e. The van der Waals surface area contributed by atoms with Crippen LogP contribution in [0.2, 0.25) is 0 Å². The monoisotopic (exact) mass is 334 g/mol. The molecule has 1 aromatic rings. The lowest BCUT2D eigenvalue weighted by Gasteiger charge is -2.39. The van der Waals surface area contributed by atoms with Crippen LogP contribution in [0.1, 0.15) is 31.5 Å². The van der Waals surface area contributed by atoms with Crippen molar-refractivity contribution in [3.8, 4) is 0 Å². The van der Waals surface area contributed by atoms with E-state index < -0.39 is 23.5 Å². The van der Waals surface area contributed by atoms with Crippen LogP contribution >= 0.6 is 0 Å². The van der Waals surface area contributed by atoms with Crippen LogP contribution in [-0.4, -0.2) is 46.0 Å². The second-order valence-corrected chi connectivity index (χ2v) is 5.91. The molecular weight excluding hydrogens is 313 g/mol. The molecule has 9 heteroatoms. The van der Waals surface area contributed by atoms with E-state index in [1.54, 1.807) is 4.90 Å². The first-order chi connectivity index (χ1) is 10.6. The maximum atomic E-state index is 12.9. The number of carbonyl (C=O) groups excluding carboxylic acids is 1. The number of carbonyl (C=O) groups is 1. The number of nitrogens with zero attached hydrogens (tertiary/aromatic N) is 3. The Morgan fingerprint density at radius 3 is 2.83 bits per heavy atom. The quantitative estimate of drug-likeness (QED) is 0.921. The first-order valence-corrected chi connectivity index (χ1v) is 7.41. The van der Waals surface area contributed by atoms with E-state index in [-0.39, 0.29) is 12.1 Å². The first kappa shape index (κ1) is 17.6. The Balaban J connectivity index is 2.00. The third-order valence-electron chi connectivity index (χ3n) is 3.98. The van der Waals surface area contributed by atoms with E-state index in [1.807, 2.05) is 13.8 Å². The molecule has 23 heavy (non-hydrogen) atoms. The SMILES string of the molecule is CCC1(C)CN(C(=O)NCc2cn(C)nc2C(F)(F)F)CCO1. The van der Waals surface area contributed by atoms with Crippen LogP contribution in [0.15, 0.2) is 6.20 Å². The van der Waals surface area contributed by atoms with Crippen molar-refractivity contribution in [2.75, 3.05) is 19.7 Å². The minimum Gasteiger partial charge on any atom is -0.372 e. The molecule has 0 bridgehead atoms. The summed E-state index contributed by atoms with van der Waals surface area (Å²) in [7, 11) is 1.41. The number of ether oxygens (including phenoxy) is 1. The number of alkyl halides is 3. The lowest BCUT2D eigenvalue weighted by molar-refractivity contribution is -0.142. The number of aromatic nitrogens is 2. The maximum absolute atomic E-state index is 12.9. The molecule has 2 rings (SSSR count). The van der Waals surface area contributed by atoms with Gasteiger partial charge in [-0.15, -0.1) is 0 Å². The Kier molecular flexibility index (Phi) is 4.88. The molecule has 1 saturated heterocycles. The zero-order valence-electron chi connectivity index (χ0n) is 13.4. The van der Waals surface area contributed by atoms with Gasteiger partial charge in [-0.05, 0) is 13.3 Å². The summed E-state index contributed by atoms with van der Waals surface area (Å²) >= 11 is 0. The Hall–Kier alpha value is -1.77. The van der Waals surface area contributed by atoms with Crippen molar-refractivity contribution in [3.05, 3.63) is 17.5 Å². The Morgan fingerprint density at radius 2 is 2.22 bits per heavy atom. The number of urea groups is 1. The van der Waals surface area contributed by atoms with E-state index in [2.05, 4.69) is 10.4 Å². The van der Waals surface area contributed by atoms with Crippen molar-refractivity contribution < 1.29 is 22.7 Å².